The molecule has 1 N–H and O–H groups in total. The Bertz CT molecular complexity index is 1000. The third-order valence-electron chi connectivity index (χ3n) is 7.93. The minimum absolute atomic E-state index is 0.0245. The van der Waals surface area contributed by atoms with Crippen molar-refractivity contribution in [2.75, 3.05) is 19.6 Å². The molecule has 3 saturated heterocycles. The lowest BCUT2D eigenvalue weighted by Gasteiger charge is -2.44. The molecule has 1 aliphatic carbocycles. The second-order valence-corrected chi connectivity index (χ2v) is 11.5. The largest absolute Gasteiger partial charge is 0.445 e. The van der Waals surface area contributed by atoms with Crippen LogP contribution in [0, 0.1) is 17.3 Å². The van der Waals surface area contributed by atoms with Crippen LogP contribution in [0.4, 0.5) is 4.79 Å². The zero-order chi connectivity index (χ0) is 23.2. The van der Waals surface area contributed by atoms with Gasteiger partial charge in [0.1, 0.15) is 6.10 Å². The van der Waals surface area contributed by atoms with E-state index in [1.165, 1.54) is 27.8 Å². The summed E-state index contributed by atoms with van der Waals surface area (Å²) < 4.78 is 5.94. The molecular weight excluding hydrogens is 408 g/mol. The monoisotopic (exact) mass is 446 g/mol. The van der Waals surface area contributed by atoms with Crippen LogP contribution in [0.2, 0.25) is 0 Å². The van der Waals surface area contributed by atoms with Gasteiger partial charge in [-0.05, 0) is 83.8 Å². The molecule has 0 radical (unpaired) electrons. The molecule has 1 unspecified atom stereocenters. The number of alkyl carbamates (subject to hydrolysis) is 1. The fourth-order valence-corrected chi connectivity index (χ4v) is 6.15. The van der Waals surface area contributed by atoms with Gasteiger partial charge in [0, 0.05) is 6.54 Å². The van der Waals surface area contributed by atoms with Crippen LogP contribution in [0.1, 0.15) is 63.3 Å². The van der Waals surface area contributed by atoms with E-state index in [-0.39, 0.29) is 23.7 Å². The van der Waals surface area contributed by atoms with Crippen molar-refractivity contribution in [1.82, 2.24) is 10.2 Å². The third-order valence-corrected chi connectivity index (χ3v) is 7.93. The number of amides is 1. The van der Waals surface area contributed by atoms with Gasteiger partial charge in [-0.2, -0.15) is 0 Å². The van der Waals surface area contributed by atoms with E-state index in [1.807, 2.05) is 0 Å². The first kappa shape index (κ1) is 22.5. The van der Waals surface area contributed by atoms with Crippen molar-refractivity contribution in [2.24, 2.45) is 17.3 Å². The van der Waals surface area contributed by atoms with Crippen LogP contribution >= 0.6 is 0 Å². The molecule has 3 heterocycles. The number of benzene rings is 2. The molecular formula is C29H38N2O2. The second-order valence-electron chi connectivity index (χ2n) is 11.5. The normalized spacial score (nSPS) is 27.4. The van der Waals surface area contributed by atoms with Gasteiger partial charge in [-0.3, -0.25) is 4.90 Å². The fraction of sp³-hybridized carbons (Fsp3) is 0.552. The molecule has 3 fully saturated rings. The van der Waals surface area contributed by atoms with Crippen molar-refractivity contribution in [3.8, 4) is 11.1 Å². The number of rotatable bonds is 5. The van der Waals surface area contributed by atoms with E-state index in [1.54, 1.807) is 0 Å². The Morgan fingerprint density at radius 3 is 2.42 bits per heavy atom. The Hall–Kier alpha value is -2.33. The molecule has 4 aliphatic rings. The molecule has 3 aliphatic heterocycles. The summed E-state index contributed by atoms with van der Waals surface area (Å²) in [5, 5.41) is 3.24. The summed E-state index contributed by atoms with van der Waals surface area (Å²) in [6, 6.07) is 15.7. The van der Waals surface area contributed by atoms with Crippen LogP contribution < -0.4 is 5.32 Å². The molecule has 0 aromatic heterocycles. The van der Waals surface area contributed by atoms with Gasteiger partial charge in [-0.25, -0.2) is 4.79 Å². The second kappa shape index (κ2) is 8.79. The molecule has 0 spiro atoms. The number of carbonyl (C=O) groups excluding carboxylic acids is 1. The molecule has 2 atom stereocenters. The summed E-state index contributed by atoms with van der Waals surface area (Å²) in [5.74, 6) is 1.19. The number of carbonyl (C=O) groups is 1. The molecule has 33 heavy (non-hydrogen) atoms. The predicted octanol–water partition coefficient (Wildman–Crippen LogP) is 6.00. The molecule has 6 rings (SSSR count). The first-order chi connectivity index (χ1) is 15.8. The van der Waals surface area contributed by atoms with Crippen molar-refractivity contribution in [3.05, 3.63) is 59.2 Å². The lowest BCUT2D eigenvalue weighted by molar-refractivity contribution is -0.0348. The minimum atomic E-state index is -0.260. The van der Waals surface area contributed by atoms with Crippen molar-refractivity contribution in [2.45, 2.75) is 65.5 Å². The quantitative estimate of drug-likeness (QED) is 0.613. The van der Waals surface area contributed by atoms with E-state index in [2.05, 4.69) is 80.4 Å². The lowest BCUT2D eigenvalue weighted by atomic mass is 9.85. The summed E-state index contributed by atoms with van der Waals surface area (Å²) in [6.45, 7) is 12.2. The lowest BCUT2D eigenvalue weighted by Crippen LogP contribution is -2.53. The smallest absolute Gasteiger partial charge is 0.407 e. The Morgan fingerprint density at radius 2 is 1.79 bits per heavy atom. The molecule has 4 nitrogen and oxygen atoms in total. The van der Waals surface area contributed by atoms with Crippen LogP contribution in [-0.4, -0.2) is 36.7 Å². The van der Waals surface area contributed by atoms with E-state index in [4.69, 9.17) is 4.74 Å². The molecule has 2 aromatic carbocycles. The molecule has 4 heteroatoms. The van der Waals surface area contributed by atoms with Crippen LogP contribution in [0.5, 0.6) is 0 Å². The molecule has 1 amide bonds. The van der Waals surface area contributed by atoms with Crippen molar-refractivity contribution < 1.29 is 9.53 Å². The fourth-order valence-electron chi connectivity index (χ4n) is 6.15. The Morgan fingerprint density at radius 1 is 1.09 bits per heavy atom. The maximum atomic E-state index is 12.9. The Labute approximate surface area is 198 Å². The van der Waals surface area contributed by atoms with Crippen LogP contribution in [0.3, 0.4) is 0 Å². The zero-order valence-corrected chi connectivity index (χ0v) is 20.6. The SMILES string of the molecule is CC(C)Cc1ccc(-c2ccc3c(c2)CC(C)(C)C3NC(=O)O[C@H]2CN3CCC2CC3)cc1. The van der Waals surface area contributed by atoms with Crippen molar-refractivity contribution >= 4 is 6.09 Å². The molecule has 0 saturated carbocycles. The van der Waals surface area contributed by atoms with E-state index < -0.39 is 0 Å². The number of nitrogens with zero attached hydrogens (tertiary/aromatic N) is 1. The number of fused-ring (bicyclic) bond motifs is 4. The minimum Gasteiger partial charge on any atom is -0.445 e. The Balaban J connectivity index is 1.29. The predicted molar refractivity (Wildman–Crippen MR) is 133 cm³/mol. The first-order valence-electron chi connectivity index (χ1n) is 12.7. The highest BCUT2D eigenvalue weighted by atomic mass is 16.6. The van der Waals surface area contributed by atoms with Crippen molar-refractivity contribution in [3.63, 3.8) is 0 Å². The van der Waals surface area contributed by atoms with E-state index in [0.29, 0.717) is 11.8 Å². The average molecular weight is 447 g/mol. The summed E-state index contributed by atoms with van der Waals surface area (Å²) in [5.41, 5.74) is 6.40. The van der Waals surface area contributed by atoms with E-state index >= 15 is 0 Å². The highest BCUT2D eigenvalue weighted by Gasteiger charge is 2.42. The zero-order valence-electron chi connectivity index (χ0n) is 20.6. The van der Waals surface area contributed by atoms with E-state index in [0.717, 1.165) is 45.3 Å². The topological polar surface area (TPSA) is 41.6 Å². The highest BCUT2D eigenvalue weighted by Crippen LogP contribution is 2.46. The van der Waals surface area contributed by atoms with Gasteiger partial charge in [0.05, 0.1) is 6.04 Å². The van der Waals surface area contributed by atoms with Gasteiger partial charge in [0.25, 0.3) is 0 Å². The number of hydrogen-bond donors (Lipinski definition) is 1. The van der Waals surface area contributed by atoms with E-state index in [9.17, 15) is 4.79 Å². The van der Waals surface area contributed by atoms with Gasteiger partial charge in [-0.1, -0.05) is 70.2 Å². The van der Waals surface area contributed by atoms with Crippen molar-refractivity contribution in [1.29, 1.82) is 0 Å². The number of ether oxygens (including phenoxy) is 1. The average Bonchev–Trinajstić information content (AvgIpc) is 3.03. The summed E-state index contributed by atoms with van der Waals surface area (Å²) >= 11 is 0. The number of hydrogen-bond acceptors (Lipinski definition) is 3. The first-order valence-corrected chi connectivity index (χ1v) is 12.7. The van der Waals surface area contributed by atoms with Gasteiger partial charge in [-0.15, -0.1) is 0 Å². The maximum absolute atomic E-state index is 12.9. The third kappa shape index (κ3) is 4.68. The number of nitrogens with one attached hydrogen (secondary N) is 1. The molecule has 176 valence electrons. The standard InChI is InChI=1S/C29H38N2O2/c1-19(2)15-20-5-7-21(8-6-20)23-9-10-25-24(16-23)17-29(3,4)27(25)30-28(32)33-26-18-31-13-11-22(26)12-14-31/h5-10,16,19,22,26-27H,11-15,17-18H2,1-4H3,(H,30,32)/t26-,27?/m0/s1. The summed E-state index contributed by atoms with van der Waals surface area (Å²) in [4.78, 5) is 15.3. The summed E-state index contributed by atoms with van der Waals surface area (Å²) in [7, 11) is 0. The van der Waals surface area contributed by atoms with Gasteiger partial charge in [0.15, 0.2) is 0 Å². The van der Waals surface area contributed by atoms with Gasteiger partial charge < -0.3 is 10.1 Å². The highest BCUT2D eigenvalue weighted by molar-refractivity contribution is 5.70. The van der Waals surface area contributed by atoms with Gasteiger partial charge >= 0.3 is 6.09 Å². The molecule has 2 aromatic rings. The number of piperidine rings is 3. The van der Waals surface area contributed by atoms with Gasteiger partial charge in [0.2, 0.25) is 0 Å². The van der Waals surface area contributed by atoms with Crippen LogP contribution in [0.15, 0.2) is 42.5 Å². The summed E-state index contributed by atoms with van der Waals surface area (Å²) in [6.07, 6.45) is 4.14. The maximum Gasteiger partial charge on any atom is 0.407 e. The Kier molecular flexibility index (Phi) is 5.98. The molecule has 2 bridgehead atoms. The van der Waals surface area contributed by atoms with Crippen LogP contribution in [-0.2, 0) is 17.6 Å². The van der Waals surface area contributed by atoms with Crippen LogP contribution in [0.25, 0.3) is 11.1 Å².